The third-order valence-electron chi connectivity index (χ3n) is 4.95. The quantitative estimate of drug-likeness (QED) is 0.716. The van der Waals surface area contributed by atoms with Crippen LogP contribution < -0.4 is 4.90 Å². The molecule has 1 aromatic heterocycles. The average molecular weight is 382 g/mol. The van der Waals surface area contributed by atoms with E-state index in [9.17, 15) is 4.79 Å². The zero-order valence-corrected chi connectivity index (χ0v) is 17.4. The van der Waals surface area contributed by atoms with Gasteiger partial charge in [0, 0.05) is 25.3 Å². The lowest BCUT2D eigenvalue weighted by atomic mass is 10.1. The maximum atomic E-state index is 12.4. The van der Waals surface area contributed by atoms with Crippen molar-refractivity contribution in [2.24, 2.45) is 0 Å². The molecule has 1 fully saturated rings. The van der Waals surface area contributed by atoms with Gasteiger partial charge in [-0.15, -0.1) is 0 Å². The highest BCUT2D eigenvalue weighted by molar-refractivity contribution is 5.86. The third-order valence-corrected chi connectivity index (χ3v) is 4.95. The second kappa shape index (κ2) is 8.74. The van der Waals surface area contributed by atoms with Crippen LogP contribution in [0.1, 0.15) is 57.7 Å². The number of hydrogen-bond acceptors (Lipinski definition) is 4. The van der Waals surface area contributed by atoms with E-state index in [4.69, 9.17) is 4.74 Å². The molecule has 1 aromatic carbocycles. The first-order valence-corrected chi connectivity index (χ1v) is 10.1. The fourth-order valence-electron chi connectivity index (χ4n) is 3.67. The molecule has 0 spiro atoms. The SMILES string of the molecule is CCN(C(=O)OC(C)(C)C)c1ccc(C2CCCN2Cc2ccccc2)cn1. The standard InChI is InChI=1S/C23H31N3O2/c1-5-26(22(27)28-23(2,3)4)21-14-13-19(16-24-21)20-12-9-15-25(20)17-18-10-7-6-8-11-18/h6-8,10-11,13-14,16,20H,5,9,12,15,17H2,1-4H3. The van der Waals surface area contributed by atoms with E-state index >= 15 is 0 Å². The van der Waals surface area contributed by atoms with Crippen molar-refractivity contribution in [1.29, 1.82) is 0 Å². The number of rotatable bonds is 5. The lowest BCUT2D eigenvalue weighted by molar-refractivity contribution is 0.0581. The van der Waals surface area contributed by atoms with E-state index in [-0.39, 0.29) is 6.09 Å². The Labute approximate surface area is 168 Å². The molecule has 2 aromatic rings. The smallest absolute Gasteiger partial charge is 0.415 e. The first-order chi connectivity index (χ1) is 13.4. The molecule has 5 heteroatoms. The van der Waals surface area contributed by atoms with Crippen LogP contribution in [0, 0.1) is 0 Å². The molecule has 2 heterocycles. The van der Waals surface area contributed by atoms with Crippen LogP contribution in [-0.4, -0.2) is 34.7 Å². The lowest BCUT2D eigenvalue weighted by Gasteiger charge is -2.27. The predicted octanol–water partition coefficient (Wildman–Crippen LogP) is 5.18. The number of hydrogen-bond donors (Lipinski definition) is 0. The van der Waals surface area contributed by atoms with Gasteiger partial charge in [0.05, 0.1) is 0 Å². The molecule has 3 rings (SSSR count). The Morgan fingerprint density at radius 2 is 1.96 bits per heavy atom. The topological polar surface area (TPSA) is 45.7 Å². The Morgan fingerprint density at radius 1 is 1.21 bits per heavy atom. The highest BCUT2D eigenvalue weighted by Gasteiger charge is 2.27. The number of likely N-dealkylation sites (tertiary alicyclic amines) is 1. The van der Waals surface area contributed by atoms with Crippen molar-refractivity contribution < 1.29 is 9.53 Å². The van der Waals surface area contributed by atoms with Crippen molar-refractivity contribution in [3.8, 4) is 0 Å². The molecule has 0 N–H and O–H groups in total. The summed E-state index contributed by atoms with van der Waals surface area (Å²) < 4.78 is 5.50. The molecule has 0 radical (unpaired) electrons. The minimum Gasteiger partial charge on any atom is -0.443 e. The Balaban J connectivity index is 1.71. The maximum absolute atomic E-state index is 12.4. The molecule has 1 amide bonds. The molecule has 1 aliphatic heterocycles. The summed E-state index contributed by atoms with van der Waals surface area (Å²) in [5.41, 5.74) is 2.02. The van der Waals surface area contributed by atoms with Crippen LogP contribution in [0.3, 0.4) is 0 Å². The van der Waals surface area contributed by atoms with Crippen LogP contribution in [0.5, 0.6) is 0 Å². The van der Waals surface area contributed by atoms with Gasteiger partial charge in [0.25, 0.3) is 0 Å². The summed E-state index contributed by atoms with van der Waals surface area (Å²) >= 11 is 0. The van der Waals surface area contributed by atoms with Crippen molar-refractivity contribution >= 4 is 11.9 Å². The van der Waals surface area contributed by atoms with E-state index in [2.05, 4.69) is 46.3 Å². The predicted molar refractivity (Wildman–Crippen MR) is 112 cm³/mol. The van der Waals surface area contributed by atoms with Crippen LogP contribution in [-0.2, 0) is 11.3 Å². The normalized spacial score (nSPS) is 17.5. The summed E-state index contributed by atoms with van der Waals surface area (Å²) in [5, 5.41) is 0. The monoisotopic (exact) mass is 381 g/mol. The number of pyridine rings is 1. The summed E-state index contributed by atoms with van der Waals surface area (Å²) in [4.78, 5) is 21.1. The molecular weight excluding hydrogens is 350 g/mol. The molecule has 0 bridgehead atoms. The Bertz CT molecular complexity index is 769. The van der Waals surface area contributed by atoms with E-state index in [1.54, 1.807) is 4.90 Å². The van der Waals surface area contributed by atoms with Gasteiger partial charge in [-0.3, -0.25) is 9.80 Å². The first kappa shape index (κ1) is 20.3. The van der Waals surface area contributed by atoms with Crippen LogP contribution in [0.2, 0.25) is 0 Å². The molecule has 5 nitrogen and oxygen atoms in total. The van der Waals surface area contributed by atoms with E-state index in [1.807, 2.05) is 40.0 Å². The van der Waals surface area contributed by atoms with Crippen molar-refractivity contribution in [1.82, 2.24) is 9.88 Å². The zero-order chi connectivity index (χ0) is 20.1. The highest BCUT2D eigenvalue weighted by Crippen LogP contribution is 2.33. The van der Waals surface area contributed by atoms with Gasteiger partial charge in [0.2, 0.25) is 0 Å². The molecule has 28 heavy (non-hydrogen) atoms. The molecule has 1 aliphatic rings. The molecule has 0 aliphatic carbocycles. The van der Waals surface area contributed by atoms with Crippen LogP contribution in [0.4, 0.5) is 10.6 Å². The third kappa shape index (κ3) is 5.10. The van der Waals surface area contributed by atoms with Crippen molar-refractivity contribution in [3.05, 3.63) is 59.8 Å². The van der Waals surface area contributed by atoms with Gasteiger partial charge in [0.1, 0.15) is 11.4 Å². The number of carbonyl (C=O) groups excluding carboxylic acids is 1. The second-order valence-corrected chi connectivity index (χ2v) is 8.29. The summed E-state index contributed by atoms with van der Waals surface area (Å²) in [6.07, 6.45) is 3.88. The van der Waals surface area contributed by atoms with Crippen molar-refractivity contribution in [3.63, 3.8) is 0 Å². The number of nitrogens with zero attached hydrogens (tertiary/aromatic N) is 3. The van der Waals surface area contributed by atoms with E-state index in [0.717, 1.165) is 19.5 Å². The molecule has 1 atom stereocenters. The van der Waals surface area contributed by atoms with Crippen LogP contribution in [0.15, 0.2) is 48.7 Å². The summed E-state index contributed by atoms with van der Waals surface area (Å²) in [5.74, 6) is 0.633. The van der Waals surface area contributed by atoms with Crippen molar-refractivity contribution in [2.75, 3.05) is 18.0 Å². The largest absolute Gasteiger partial charge is 0.443 e. The summed E-state index contributed by atoms with van der Waals surface area (Å²) in [6.45, 7) is 10.1. The van der Waals surface area contributed by atoms with Gasteiger partial charge in [-0.2, -0.15) is 0 Å². The van der Waals surface area contributed by atoms with Crippen LogP contribution in [0.25, 0.3) is 0 Å². The minimum absolute atomic E-state index is 0.359. The number of ether oxygens (including phenoxy) is 1. The highest BCUT2D eigenvalue weighted by atomic mass is 16.6. The number of carbonyl (C=O) groups is 1. The zero-order valence-electron chi connectivity index (χ0n) is 17.4. The first-order valence-electron chi connectivity index (χ1n) is 10.1. The van der Waals surface area contributed by atoms with Gasteiger partial charge >= 0.3 is 6.09 Å². The maximum Gasteiger partial charge on any atom is 0.415 e. The number of anilines is 1. The van der Waals surface area contributed by atoms with Crippen molar-refractivity contribution in [2.45, 2.75) is 58.7 Å². The lowest BCUT2D eigenvalue weighted by Crippen LogP contribution is -2.37. The van der Waals surface area contributed by atoms with Gasteiger partial charge in [-0.25, -0.2) is 9.78 Å². The molecule has 1 saturated heterocycles. The van der Waals surface area contributed by atoms with E-state index in [1.165, 1.54) is 17.5 Å². The summed E-state index contributed by atoms with van der Waals surface area (Å²) in [7, 11) is 0. The van der Waals surface area contributed by atoms with E-state index in [0.29, 0.717) is 18.4 Å². The molecule has 1 unspecified atom stereocenters. The average Bonchev–Trinajstić information content (AvgIpc) is 3.10. The fourth-order valence-corrected chi connectivity index (χ4v) is 3.67. The van der Waals surface area contributed by atoms with E-state index < -0.39 is 5.60 Å². The molecule has 0 saturated carbocycles. The number of benzene rings is 1. The Hall–Kier alpha value is -2.40. The van der Waals surface area contributed by atoms with Gasteiger partial charge in [-0.1, -0.05) is 36.4 Å². The molecular formula is C23H31N3O2. The minimum atomic E-state index is -0.522. The Kier molecular flexibility index (Phi) is 6.35. The number of aromatic nitrogens is 1. The molecule has 150 valence electrons. The fraction of sp³-hybridized carbons (Fsp3) is 0.478. The van der Waals surface area contributed by atoms with Gasteiger partial charge < -0.3 is 4.74 Å². The second-order valence-electron chi connectivity index (χ2n) is 8.29. The number of amides is 1. The Morgan fingerprint density at radius 3 is 2.57 bits per heavy atom. The van der Waals surface area contributed by atoms with Gasteiger partial charge in [-0.05, 0) is 64.3 Å². The van der Waals surface area contributed by atoms with Crippen LogP contribution >= 0.6 is 0 Å². The van der Waals surface area contributed by atoms with Gasteiger partial charge in [0.15, 0.2) is 0 Å². The summed E-state index contributed by atoms with van der Waals surface area (Å²) in [6, 6.07) is 15.0.